The Morgan fingerprint density at radius 2 is 1.71 bits per heavy atom. The van der Waals surface area contributed by atoms with Crippen molar-refractivity contribution in [3.8, 4) is 28.5 Å². The summed E-state index contributed by atoms with van der Waals surface area (Å²) < 4.78 is 17.5. The van der Waals surface area contributed by atoms with Crippen molar-refractivity contribution in [3.05, 3.63) is 53.7 Å². The lowest BCUT2D eigenvalue weighted by Crippen LogP contribution is -2.13. The summed E-state index contributed by atoms with van der Waals surface area (Å²) in [6.45, 7) is 1.97. The van der Waals surface area contributed by atoms with Gasteiger partial charge >= 0.3 is 0 Å². The average molecular weight is 381 g/mol. The lowest BCUT2D eigenvalue weighted by atomic mass is 10.1. The molecule has 0 spiro atoms. The van der Waals surface area contributed by atoms with E-state index in [1.54, 1.807) is 50.2 Å². The molecule has 3 aromatic rings. The van der Waals surface area contributed by atoms with Crippen LogP contribution in [0, 0.1) is 6.92 Å². The van der Waals surface area contributed by atoms with Crippen LogP contribution in [0.3, 0.4) is 0 Å². The van der Waals surface area contributed by atoms with Crippen LogP contribution in [0.1, 0.15) is 16.1 Å². The molecule has 1 aromatic heterocycles. The normalized spacial score (nSPS) is 10.5. The minimum atomic E-state index is -0.324. The fraction of sp³-hybridized carbons (Fsp3) is 0.238. The van der Waals surface area contributed by atoms with E-state index in [0.717, 1.165) is 22.6 Å². The topological polar surface area (TPSA) is 74.6 Å². The van der Waals surface area contributed by atoms with Gasteiger partial charge in [-0.3, -0.25) is 9.48 Å². The standard InChI is InChI=1S/C21H23N3O4/c1-13-10-14(6-9-19(13)27-4)18-12-17(23-24(18)2)21(25)22-16-8-7-15(26-3)11-20(16)28-5/h6-12H,1-5H3,(H,22,25). The first-order chi connectivity index (χ1) is 13.5. The van der Waals surface area contributed by atoms with Crippen molar-refractivity contribution >= 4 is 11.6 Å². The van der Waals surface area contributed by atoms with E-state index in [-0.39, 0.29) is 5.91 Å². The molecule has 2 aromatic carbocycles. The number of anilines is 1. The molecule has 0 aliphatic rings. The van der Waals surface area contributed by atoms with Gasteiger partial charge in [-0.05, 0) is 48.9 Å². The number of aromatic nitrogens is 2. The van der Waals surface area contributed by atoms with Crippen LogP contribution in [0.5, 0.6) is 17.2 Å². The van der Waals surface area contributed by atoms with Gasteiger partial charge in [0.05, 0.1) is 32.7 Å². The van der Waals surface area contributed by atoms with Crippen molar-refractivity contribution in [3.63, 3.8) is 0 Å². The molecule has 0 saturated carbocycles. The van der Waals surface area contributed by atoms with E-state index in [4.69, 9.17) is 14.2 Å². The number of aryl methyl sites for hydroxylation is 2. The summed E-state index contributed by atoms with van der Waals surface area (Å²) in [5, 5.41) is 7.19. The highest BCUT2D eigenvalue weighted by Crippen LogP contribution is 2.30. The summed E-state index contributed by atoms with van der Waals surface area (Å²) in [6.07, 6.45) is 0. The highest BCUT2D eigenvalue weighted by molar-refractivity contribution is 6.04. The number of ether oxygens (including phenoxy) is 3. The second-order valence-electron chi connectivity index (χ2n) is 6.24. The number of benzene rings is 2. The number of hydrogen-bond donors (Lipinski definition) is 1. The Balaban J connectivity index is 1.86. The van der Waals surface area contributed by atoms with Gasteiger partial charge in [-0.15, -0.1) is 0 Å². The smallest absolute Gasteiger partial charge is 0.276 e. The molecule has 7 heteroatoms. The second kappa shape index (κ2) is 8.04. The molecule has 146 valence electrons. The molecular formula is C21H23N3O4. The number of carbonyl (C=O) groups excluding carboxylic acids is 1. The van der Waals surface area contributed by atoms with E-state index >= 15 is 0 Å². The van der Waals surface area contributed by atoms with E-state index in [2.05, 4.69) is 10.4 Å². The van der Waals surface area contributed by atoms with Crippen LogP contribution in [-0.2, 0) is 7.05 Å². The van der Waals surface area contributed by atoms with Crippen LogP contribution >= 0.6 is 0 Å². The summed E-state index contributed by atoms with van der Waals surface area (Å²) >= 11 is 0. The molecule has 0 saturated heterocycles. The fourth-order valence-corrected chi connectivity index (χ4v) is 2.97. The number of rotatable bonds is 6. The lowest BCUT2D eigenvalue weighted by Gasteiger charge is -2.10. The molecule has 3 rings (SSSR count). The SMILES string of the molecule is COc1ccc(NC(=O)c2cc(-c3ccc(OC)c(C)c3)n(C)n2)c(OC)c1. The lowest BCUT2D eigenvalue weighted by molar-refractivity contribution is 0.102. The van der Waals surface area contributed by atoms with E-state index in [1.807, 2.05) is 25.1 Å². The third-order valence-corrected chi connectivity index (χ3v) is 4.46. The predicted octanol–water partition coefficient (Wildman–Crippen LogP) is 3.67. The summed E-state index contributed by atoms with van der Waals surface area (Å²) in [5.74, 6) is 1.64. The van der Waals surface area contributed by atoms with E-state index in [1.165, 1.54) is 7.11 Å². The molecular weight excluding hydrogens is 358 g/mol. The van der Waals surface area contributed by atoms with Gasteiger partial charge in [-0.25, -0.2) is 0 Å². The Labute approximate surface area is 163 Å². The molecule has 0 bridgehead atoms. The van der Waals surface area contributed by atoms with Crippen LogP contribution in [0.4, 0.5) is 5.69 Å². The Kier molecular flexibility index (Phi) is 5.54. The molecule has 0 aliphatic carbocycles. The van der Waals surface area contributed by atoms with Crippen LogP contribution in [0.25, 0.3) is 11.3 Å². The maximum atomic E-state index is 12.7. The monoisotopic (exact) mass is 381 g/mol. The van der Waals surface area contributed by atoms with Gasteiger partial charge in [-0.1, -0.05) is 0 Å². The first kappa shape index (κ1) is 19.3. The largest absolute Gasteiger partial charge is 0.497 e. The van der Waals surface area contributed by atoms with Crippen LogP contribution in [0.2, 0.25) is 0 Å². The van der Waals surface area contributed by atoms with Crippen molar-refractivity contribution in [1.29, 1.82) is 0 Å². The number of carbonyl (C=O) groups is 1. The Morgan fingerprint density at radius 1 is 0.964 bits per heavy atom. The predicted molar refractivity (Wildman–Crippen MR) is 107 cm³/mol. The summed E-state index contributed by atoms with van der Waals surface area (Å²) in [5.41, 5.74) is 3.65. The molecule has 7 nitrogen and oxygen atoms in total. The van der Waals surface area contributed by atoms with Crippen LogP contribution in [0.15, 0.2) is 42.5 Å². The van der Waals surface area contributed by atoms with Gasteiger partial charge in [0.15, 0.2) is 5.69 Å². The molecule has 0 atom stereocenters. The van der Waals surface area contributed by atoms with E-state index in [9.17, 15) is 4.79 Å². The third kappa shape index (κ3) is 3.78. The molecule has 1 amide bonds. The van der Waals surface area contributed by atoms with E-state index < -0.39 is 0 Å². The highest BCUT2D eigenvalue weighted by atomic mass is 16.5. The summed E-state index contributed by atoms with van der Waals surface area (Å²) in [6, 6.07) is 12.8. The van der Waals surface area contributed by atoms with Gasteiger partial charge in [0, 0.05) is 18.7 Å². The molecule has 1 heterocycles. The van der Waals surface area contributed by atoms with Gasteiger partial charge in [0.1, 0.15) is 17.2 Å². The molecule has 0 unspecified atom stereocenters. The van der Waals surface area contributed by atoms with Gasteiger partial charge in [-0.2, -0.15) is 5.10 Å². The molecule has 0 aliphatic heterocycles. The van der Waals surface area contributed by atoms with Gasteiger partial charge in [0.2, 0.25) is 0 Å². The highest BCUT2D eigenvalue weighted by Gasteiger charge is 2.16. The van der Waals surface area contributed by atoms with Crippen molar-refractivity contribution in [2.75, 3.05) is 26.6 Å². The van der Waals surface area contributed by atoms with Crippen molar-refractivity contribution < 1.29 is 19.0 Å². The quantitative estimate of drug-likeness (QED) is 0.705. The molecule has 0 radical (unpaired) electrons. The average Bonchev–Trinajstić information content (AvgIpc) is 3.10. The van der Waals surface area contributed by atoms with Crippen molar-refractivity contribution in [2.45, 2.75) is 6.92 Å². The minimum absolute atomic E-state index is 0.309. The van der Waals surface area contributed by atoms with Crippen molar-refractivity contribution in [2.24, 2.45) is 7.05 Å². The summed E-state index contributed by atoms with van der Waals surface area (Å²) in [4.78, 5) is 12.7. The van der Waals surface area contributed by atoms with Crippen molar-refractivity contribution in [1.82, 2.24) is 9.78 Å². The van der Waals surface area contributed by atoms with Gasteiger partial charge in [0.25, 0.3) is 5.91 Å². The molecule has 0 fully saturated rings. The Morgan fingerprint density at radius 3 is 2.36 bits per heavy atom. The Hall–Kier alpha value is -3.48. The van der Waals surface area contributed by atoms with Crippen LogP contribution < -0.4 is 19.5 Å². The fourth-order valence-electron chi connectivity index (χ4n) is 2.97. The maximum Gasteiger partial charge on any atom is 0.276 e. The first-order valence-electron chi connectivity index (χ1n) is 8.69. The van der Waals surface area contributed by atoms with Gasteiger partial charge < -0.3 is 19.5 Å². The maximum absolute atomic E-state index is 12.7. The zero-order valence-electron chi connectivity index (χ0n) is 16.6. The zero-order valence-corrected chi connectivity index (χ0v) is 16.6. The number of hydrogen-bond acceptors (Lipinski definition) is 5. The zero-order chi connectivity index (χ0) is 20.3. The number of nitrogens with one attached hydrogen (secondary N) is 1. The minimum Gasteiger partial charge on any atom is -0.497 e. The van der Waals surface area contributed by atoms with E-state index in [0.29, 0.717) is 22.9 Å². The number of methoxy groups -OCH3 is 3. The molecule has 1 N–H and O–H groups in total. The number of amides is 1. The first-order valence-corrected chi connectivity index (χ1v) is 8.69. The second-order valence-corrected chi connectivity index (χ2v) is 6.24. The third-order valence-electron chi connectivity index (χ3n) is 4.46. The van der Waals surface area contributed by atoms with Crippen LogP contribution in [-0.4, -0.2) is 37.0 Å². The Bertz CT molecular complexity index is 1010. The molecule has 28 heavy (non-hydrogen) atoms. The summed E-state index contributed by atoms with van der Waals surface area (Å²) in [7, 11) is 6.56. The number of nitrogens with zero attached hydrogens (tertiary/aromatic N) is 2.